The van der Waals surface area contributed by atoms with Gasteiger partial charge in [0.2, 0.25) is 5.89 Å². The number of furan rings is 1. The summed E-state index contributed by atoms with van der Waals surface area (Å²) >= 11 is 0. The van der Waals surface area contributed by atoms with E-state index in [1.165, 1.54) is 0 Å². The predicted molar refractivity (Wildman–Crippen MR) is 107 cm³/mol. The smallest absolute Gasteiger partial charge is 0.251 e. The molecule has 1 fully saturated rings. The van der Waals surface area contributed by atoms with Crippen LogP contribution in [0.2, 0.25) is 0 Å². The van der Waals surface area contributed by atoms with Crippen LogP contribution in [0.1, 0.15) is 66.0 Å². The normalized spacial score (nSPS) is 13.9. The fourth-order valence-electron chi connectivity index (χ4n) is 3.06. The summed E-state index contributed by atoms with van der Waals surface area (Å²) in [6.07, 6.45) is 3.84. The van der Waals surface area contributed by atoms with E-state index in [0.29, 0.717) is 43.0 Å². The number of nitrogens with one attached hydrogen (secondary N) is 1. The lowest BCUT2D eigenvalue weighted by atomic mass is 10.1. The second-order valence-corrected chi connectivity index (χ2v) is 7.87. The minimum Gasteiger partial charge on any atom is -0.468 e. The van der Waals surface area contributed by atoms with E-state index in [0.717, 1.165) is 24.2 Å². The molecule has 0 aliphatic heterocycles. The molecule has 29 heavy (non-hydrogen) atoms. The first-order valence-corrected chi connectivity index (χ1v) is 10.0. The number of rotatable bonds is 9. The maximum absolute atomic E-state index is 12.2. The molecule has 1 N–H and O–H groups in total. The zero-order valence-electron chi connectivity index (χ0n) is 16.8. The van der Waals surface area contributed by atoms with Gasteiger partial charge in [-0.25, -0.2) is 0 Å². The molecule has 0 bridgehead atoms. The van der Waals surface area contributed by atoms with Gasteiger partial charge in [0.25, 0.3) is 5.91 Å². The number of hydrogen-bond acceptors (Lipinski definition) is 6. The molecule has 7 nitrogen and oxygen atoms in total. The molecule has 0 spiro atoms. The Labute approximate surface area is 170 Å². The highest BCUT2D eigenvalue weighted by molar-refractivity contribution is 5.94. The van der Waals surface area contributed by atoms with Crippen molar-refractivity contribution < 1.29 is 13.7 Å². The number of carbonyl (C=O) groups excluding carboxylic acids is 1. The average Bonchev–Trinajstić information content (AvgIpc) is 3.16. The van der Waals surface area contributed by atoms with Crippen LogP contribution < -0.4 is 5.32 Å². The van der Waals surface area contributed by atoms with Gasteiger partial charge in [0.1, 0.15) is 5.76 Å². The Morgan fingerprint density at radius 2 is 1.97 bits per heavy atom. The van der Waals surface area contributed by atoms with Gasteiger partial charge >= 0.3 is 0 Å². The molecule has 0 unspecified atom stereocenters. The number of hydrogen-bond donors (Lipinski definition) is 1. The number of nitrogens with zero attached hydrogens (tertiary/aromatic N) is 3. The Morgan fingerprint density at radius 3 is 2.59 bits per heavy atom. The van der Waals surface area contributed by atoms with Crippen molar-refractivity contribution in [2.75, 3.05) is 0 Å². The van der Waals surface area contributed by atoms with Crippen molar-refractivity contribution in [3.05, 3.63) is 71.3 Å². The lowest BCUT2D eigenvalue weighted by Gasteiger charge is -2.19. The van der Waals surface area contributed by atoms with E-state index in [1.54, 1.807) is 6.26 Å². The summed E-state index contributed by atoms with van der Waals surface area (Å²) in [7, 11) is 0. The molecule has 0 radical (unpaired) electrons. The zero-order valence-corrected chi connectivity index (χ0v) is 16.8. The third-order valence-corrected chi connectivity index (χ3v) is 4.85. The minimum atomic E-state index is -0.00133. The van der Waals surface area contributed by atoms with Crippen LogP contribution in [-0.2, 0) is 19.6 Å². The van der Waals surface area contributed by atoms with E-state index >= 15 is 0 Å². The van der Waals surface area contributed by atoms with Gasteiger partial charge in [-0.2, -0.15) is 4.98 Å². The summed E-state index contributed by atoms with van der Waals surface area (Å²) < 4.78 is 10.9. The molecule has 152 valence electrons. The summed E-state index contributed by atoms with van der Waals surface area (Å²) in [5, 5.41) is 7.07. The van der Waals surface area contributed by atoms with Crippen LogP contribution in [-0.4, -0.2) is 27.0 Å². The van der Waals surface area contributed by atoms with E-state index in [2.05, 4.69) is 20.4 Å². The second kappa shape index (κ2) is 8.61. The highest BCUT2D eigenvalue weighted by Gasteiger charge is 2.23. The van der Waals surface area contributed by atoms with Crippen LogP contribution in [0.4, 0.5) is 0 Å². The first kappa shape index (κ1) is 19.4. The summed E-state index contributed by atoms with van der Waals surface area (Å²) in [5.41, 5.74) is 1.79. The van der Waals surface area contributed by atoms with Crippen LogP contribution in [0.15, 0.2) is 51.6 Å². The van der Waals surface area contributed by atoms with Crippen molar-refractivity contribution in [1.29, 1.82) is 0 Å². The summed E-state index contributed by atoms with van der Waals surface area (Å²) in [6, 6.07) is 11.9. The maximum atomic E-state index is 12.2. The third-order valence-electron chi connectivity index (χ3n) is 4.85. The van der Waals surface area contributed by atoms with E-state index in [4.69, 9.17) is 8.94 Å². The van der Waals surface area contributed by atoms with E-state index in [1.807, 2.05) is 50.2 Å². The van der Waals surface area contributed by atoms with Gasteiger partial charge < -0.3 is 14.3 Å². The highest BCUT2D eigenvalue weighted by atomic mass is 16.5. The molecule has 2 aromatic heterocycles. The first-order chi connectivity index (χ1) is 14.1. The predicted octanol–water partition coefficient (Wildman–Crippen LogP) is 3.88. The monoisotopic (exact) mass is 394 g/mol. The topological polar surface area (TPSA) is 84.4 Å². The molecule has 3 aromatic rings. The van der Waals surface area contributed by atoms with Crippen LogP contribution in [0.3, 0.4) is 0 Å². The second-order valence-electron chi connectivity index (χ2n) is 7.87. The first-order valence-electron chi connectivity index (χ1n) is 10.0. The quantitative estimate of drug-likeness (QED) is 0.593. The lowest BCUT2D eigenvalue weighted by molar-refractivity contribution is 0.0951. The van der Waals surface area contributed by atoms with Gasteiger partial charge in [0.05, 0.1) is 19.4 Å². The number of aromatic nitrogens is 2. The Balaban J connectivity index is 1.44. The van der Waals surface area contributed by atoms with Crippen molar-refractivity contribution in [2.45, 2.75) is 58.3 Å². The van der Waals surface area contributed by atoms with Crippen molar-refractivity contribution in [2.24, 2.45) is 0 Å². The van der Waals surface area contributed by atoms with Crippen molar-refractivity contribution in [3.8, 4) is 0 Å². The third kappa shape index (κ3) is 5.32. The summed E-state index contributed by atoms with van der Waals surface area (Å²) in [4.78, 5) is 18.8. The van der Waals surface area contributed by atoms with Crippen LogP contribution >= 0.6 is 0 Å². The van der Waals surface area contributed by atoms with Crippen molar-refractivity contribution in [1.82, 2.24) is 20.4 Å². The summed E-state index contributed by atoms with van der Waals surface area (Å²) in [5.74, 6) is 2.39. The van der Waals surface area contributed by atoms with Crippen molar-refractivity contribution >= 4 is 5.91 Å². The van der Waals surface area contributed by atoms with Crippen LogP contribution in [0, 0.1) is 0 Å². The Morgan fingerprint density at radius 1 is 1.17 bits per heavy atom. The lowest BCUT2D eigenvalue weighted by Crippen LogP contribution is -2.25. The molecule has 1 aliphatic rings. The van der Waals surface area contributed by atoms with E-state index in [-0.39, 0.29) is 11.8 Å². The summed E-state index contributed by atoms with van der Waals surface area (Å²) in [6.45, 7) is 5.89. The number of benzene rings is 1. The fourth-order valence-corrected chi connectivity index (χ4v) is 3.06. The molecule has 2 heterocycles. The largest absolute Gasteiger partial charge is 0.468 e. The van der Waals surface area contributed by atoms with Crippen molar-refractivity contribution in [3.63, 3.8) is 0 Å². The van der Waals surface area contributed by atoms with Gasteiger partial charge in [-0.15, -0.1) is 0 Å². The molecular formula is C22H26N4O3. The molecule has 1 saturated carbocycles. The molecule has 7 heteroatoms. The Bertz CT molecular complexity index is 927. The minimum absolute atomic E-state index is 0.00133. The number of amides is 1. The molecule has 1 aliphatic carbocycles. The van der Waals surface area contributed by atoms with Crippen LogP contribution in [0.25, 0.3) is 0 Å². The zero-order chi connectivity index (χ0) is 20.2. The average molecular weight is 394 g/mol. The molecular weight excluding hydrogens is 368 g/mol. The standard InChI is InChI=1S/C22H26N4O3/c1-15(2)21-24-20(29-25-21)14-26(13-19-4-3-11-28-19)12-16-5-7-17(8-6-16)22(27)23-18-9-10-18/h3-8,11,15,18H,9-10,12-14H2,1-2H3,(H,23,27). The molecule has 0 atom stereocenters. The fraction of sp³-hybridized carbons (Fsp3) is 0.409. The molecule has 0 saturated heterocycles. The molecule has 1 aromatic carbocycles. The van der Waals surface area contributed by atoms with Gasteiger partial charge in [-0.1, -0.05) is 31.1 Å². The van der Waals surface area contributed by atoms with E-state index < -0.39 is 0 Å². The van der Waals surface area contributed by atoms with Gasteiger partial charge in [-0.05, 0) is 42.7 Å². The molecule has 4 rings (SSSR count). The van der Waals surface area contributed by atoms with E-state index in [9.17, 15) is 4.79 Å². The van der Waals surface area contributed by atoms with Crippen LogP contribution in [0.5, 0.6) is 0 Å². The van der Waals surface area contributed by atoms with Gasteiger partial charge in [0, 0.05) is 24.1 Å². The maximum Gasteiger partial charge on any atom is 0.251 e. The number of carbonyl (C=O) groups is 1. The Hall–Kier alpha value is -2.93. The Kier molecular flexibility index (Phi) is 5.76. The SMILES string of the molecule is CC(C)c1noc(CN(Cc2ccc(C(=O)NC3CC3)cc2)Cc2ccco2)n1. The highest BCUT2D eigenvalue weighted by Crippen LogP contribution is 2.20. The molecule has 1 amide bonds. The van der Waals surface area contributed by atoms with Gasteiger partial charge in [0.15, 0.2) is 5.82 Å². The van der Waals surface area contributed by atoms with Gasteiger partial charge in [-0.3, -0.25) is 9.69 Å².